The summed E-state index contributed by atoms with van der Waals surface area (Å²) in [6.07, 6.45) is 0.935. The Morgan fingerprint density at radius 3 is 2.25 bits per heavy atom. The largest absolute Gasteiger partial charge is 0.497 e. The number of hydrogen-bond acceptors (Lipinski definition) is 6. The van der Waals surface area contributed by atoms with Gasteiger partial charge >= 0.3 is 0 Å². The zero-order chi connectivity index (χ0) is 29.1. The third kappa shape index (κ3) is 8.77. The maximum absolute atomic E-state index is 13.6. The van der Waals surface area contributed by atoms with Crippen molar-refractivity contribution in [3.63, 3.8) is 0 Å². The highest BCUT2D eigenvalue weighted by atomic mass is 32.1. The number of rotatable bonds is 12. The SMILES string of the molecule is CC[C@H](C)[C@H](NC(=S)Nc1cccc([N+](=O)[O-])c1)C(=O)N[C@H](Cc1ccccc1)C(=O)Nc1ccc(OC)cc1. The van der Waals surface area contributed by atoms with E-state index in [0.717, 1.165) is 5.56 Å². The molecule has 3 rings (SSSR count). The Labute approximate surface area is 238 Å². The lowest BCUT2D eigenvalue weighted by atomic mass is 9.97. The third-order valence-corrected chi connectivity index (χ3v) is 6.59. The van der Waals surface area contributed by atoms with E-state index >= 15 is 0 Å². The molecule has 0 aromatic heterocycles. The molecule has 0 saturated heterocycles. The Morgan fingerprint density at radius 1 is 0.925 bits per heavy atom. The highest BCUT2D eigenvalue weighted by Crippen LogP contribution is 2.18. The van der Waals surface area contributed by atoms with Gasteiger partial charge in [-0.3, -0.25) is 19.7 Å². The van der Waals surface area contributed by atoms with E-state index in [1.807, 2.05) is 44.2 Å². The van der Waals surface area contributed by atoms with E-state index in [2.05, 4.69) is 21.3 Å². The van der Waals surface area contributed by atoms with Crippen molar-refractivity contribution >= 4 is 46.2 Å². The summed E-state index contributed by atoms with van der Waals surface area (Å²) in [4.78, 5) is 37.5. The van der Waals surface area contributed by atoms with Crippen LogP contribution in [-0.4, -0.2) is 41.0 Å². The van der Waals surface area contributed by atoms with E-state index in [4.69, 9.17) is 17.0 Å². The molecular weight excluding hydrogens is 530 g/mol. The van der Waals surface area contributed by atoms with Crippen molar-refractivity contribution in [2.45, 2.75) is 38.8 Å². The van der Waals surface area contributed by atoms with Crippen molar-refractivity contribution in [2.75, 3.05) is 17.7 Å². The quantitative estimate of drug-likeness (QED) is 0.142. The second kappa shape index (κ2) is 14.6. The van der Waals surface area contributed by atoms with E-state index in [1.165, 1.54) is 18.2 Å². The van der Waals surface area contributed by atoms with Crippen LogP contribution in [0.15, 0.2) is 78.9 Å². The summed E-state index contributed by atoms with van der Waals surface area (Å²) in [5.41, 5.74) is 1.78. The van der Waals surface area contributed by atoms with Crippen LogP contribution in [0, 0.1) is 16.0 Å². The molecule has 3 atom stereocenters. The predicted octanol–water partition coefficient (Wildman–Crippen LogP) is 4.67. The maximum Gasteiger partial charge on any atom is 0.271 e. The molecule has 0 heterocycles. The van der Waals surface area contributed by atoms with Crippen LogP contribution in [0.4, 0.5) is 17.1 Å². The lowest BCUT2D eigenvalue weighted by Gasteiger charge is -2.27. The van der Waals surface area contributed by atoms with Crippen LogP contribution in [0.25, 0.3) is 0 Å². The molecule has 4 N–H and O–H groups in total. The highest BCUT2D eigenvalue weighted by molar-refractivity contribution is 7.80. The summed E-state index contributed by atoms with van der Waals surface area (Å²) >= 11 is 5.42. The number of nitrogens with one attached hydrogen (secondary N) is 4. The van der Waals surface area contributed by atoms with Crippen molar-refractivity contribution in [2.24, 2.45) is 5.92 Å². The second-order valence-electron chi connectivity index (χ2n) is 9.24. The predicted molar refractivity (Wildman–Crippen MR) is 159 cm³/mol. The van der Waals surface area contributed by atoms with Gasteiger partial charge in [0, 0.05) is 29.9 Å². The Hall–Kier alpha value is -4.51. The minimum atomic E-state index is -0.872. The van der Waals surface area contributed by atoms with Gasteiger partial charge in [0.2, 0.25) is 11.8 Å². The molecule has 0 aliphatic carbocycles. The van der Waals surface area contributed by atoms with Crippen molar-refractivity contribution in [1.82, 2.24) is 10.6 Å². The normalized spacial score (nSPS) is 12.8. The van der Waals surface area contributed by atoms with Gasteiger partial charge in [-0.25, -0.2) is 0 Å². The van der Waals surface area contributed by atoms with Crippen molar-refractivity contribution in [3.8, 4) is 5.75 Å². The first kappa shape index (κ1) is 30.0. The summed E-state index contributed by atoms with van der Waals surface area (Å²) < 4.78 is 5.18. The number of methoxy groups -OCH3 is 1. The smallest absolute Gasteiger partial charge is 0.271 e. The van der Waals surface area contributed by atoms with Gasteiger partial charge in [-0.15, -0.1) is 0 Å². The first-order chi connectivity index (χ1) is 19.2. The number of hydrogen-bond donors (Lipinski definition) is 4. The van der Waals surface area contributed by atoms with Crippen molar-refractivity contribution in [1.29, 1.82) is 0 Å². The van der Waals surface area contributed by atoms with Crippen LogP contribution in [0.5, 0.6) is 5.75 Å². The van der Waals surface area contributed by atoms with E-state index < -0.39 is 22.9 Å². The van der Waals surface area contributed by atoms with Crippen LogP contribution in [0.1, 0.15) is 25.8 Å². The second-order valence-corrected chi connectivity index (χ2v) is 9.65. The molecule has 0 bridgehead atoms. The van der Waals surface area contributed by atoms with Crippen LogP contribution < -0.4 is 26.0 Å². The van der Waals surface area contributed by atoms with E-state index in [9.17, 15) is 19.7 Å². The van der Waals surface area contributed by atoms with Gasteiger partial charge in [0.15, 0.2) is 5.11 Å². The molecule has 0 fully saturated rings. The zero-order valence-electron chi connectivity index (χ0n) is 22.5. The molecule has 0 spiro atoms. The third-order valence-electron chi connectivity index (χ3n) is 6.37. The molecule has 0 unspecified atom stereocenters. The fourth-order valence-corrected chi connectivity index (χ4v) is 4.18. The fourth-order valence-electron chi connectivity index (χ4n) is 3.93. The number of carbonyl (C=O) groups is 2. The average Bonchev–Trinajstić information content (AvgIpc) is 2.96. The van der Waals surface area contributed by atoms with Crippen LogP contribution in [-0.2, 0) is 16.0 Å². The average molecular weight is 564 g/mol. The summed E-state index contributed by atoms with van der Waals surface area (Å²) in [6.45, 7) is 3.85. The highest BCUT2D eigenvalue weighted by Gasteiger charge is 2.29. The minimum Gasteiger partial charge on any atom is -0.497 e. The van der Waals surface area contributed by atoms with Gasteiger partial charge in [0.25, 0.3) is 5.69 Å². The first-order valence-corrected chi connectivity index (χ1v) is 13.2. The molecule has 40 heavy (non-hydrogen) atoms. The number of thiocarbonyl (C=S) groups is 1. The van der Waals surface area contributed by atoms with Gasteiger partial charge in [-0.2, -0.15) is 0 Å². The monoisotopic (exact) mass is 563 g/mol. The fraction of sp³-hybridized carbons (Fsp3) is 0.276. The van der Waals surface area contributed by atoms with Crippen molar-refractivity contribution < 1.29 is 19.2 Å². The number of amides is 2. The molecule has 210 valence electrons. The summed E-state index contributed by atoms with van der Waals surface area (Å²) in [5.74, 6) is -0.262. The van der Waals surface area contributed by atoms with E-state index in [-0.39, 0.29) is 29.0 Å². The number of anilines is 2. The minimum absolute atomic E-state index is 0.0874. The number of ether oxygens (including phenoxy) is 1. The standard InChI is InChI=1S/C29H33N5O5S/c1-4-19(2)26(33-29(40)31-22-11-8-12-23(18-22)34(37)38)28(36)32-25(17-20-9-6-5-7-10-20)27(35)30-21-13-15-24(39-3)16-14-21/h5-16,18-19,25-26H,4,17H2,1-3H3,(H,30,35)(H,32,36)(H2,31,33,40)/t19-,25+,26-/m0/s1. The van der Waals surface area contributed by atoms with Gasteiger partial charge in [0.05, 0.1) is 12.0 Å². The van der Waals surface area contributed by atoms with Gasteiger partial charge < -0.3 is 26.0 Å². The van der Waals surface area contributed by atoms with Crippen molar-refractivity contribution in [3.05, 3.63) is 94.5 Å². The van der Waals surface area contributed by atoms with Gasteiger partial charge in [-0.1, -0.05) is 56.7 Å². The Balaban J connectivity index is 1.76. The number of carbonyl (C=O) groups excluding carboxylic acids is 2. The Morgan fingerprint density at radius 2 is 1.62 bits per heavy atom. The number of nitro groups is 1. The molecule has 0 saturated carbocycles. The lowest BCUT2D eigenvalue weighted by molar-refractivity contribution is -0.384. The summed E-state index contributed by atoms with van der Waals surface area (Å²) in [7, 11) is 1.56. The molecule has 11 heteroatoms. The summed E-state index contributed by atoms with van der Waals surface area (Å²) in [6, 6.07) is 20.6. The number of nitrogens with zero attached hydrogens (tertiary/aromatic N) is 1. The molecule has 2 amide bonds. The molecule has 0 radical (unpaired) electrons. The van der Waals surface area contributed by atoms with Gasteiger partial charge in [0.1, 0.15) is 17.8 Å². The number of nitro benzene ring substituents is 1. The Kier molecular flexibility index (Phi) is 11.0. The molecular formula is C29H33N5O5S. The maximum atomic E-state index is 13.6. The lowest BCUT2D eigenvalue weighted by Crippen LogP contribution is -2.56. The van der Waals surface area contributed by atoms with Crippen LogP contribution in [0.2, 0.25) is 0 Å². The van der Waals surface area contributed by atoms with Gasteiger partial charge in [-0.05, 0) is 54.0 Å². The Bertz CT molecular complexity index is 1320. The number of non-ortho nitro benzene ring substituents is 1. The van der Waals surface area contributed by atoms with Crippen LogP contribution >= 0.6 is 12.2 Å². The first-order valence-electron chi connectivity index (χ1n) is 12.8. The molecule has 3 aromatic rings. The van der Waals surface area contributed by atoms with Crippen LogP contribution in [0.3, 0.4) is 0 Å². The molecule has 0 aliphatic heterocycles. The van der Waals surface area contributed by atoms with E-state index in [1.54, 1.807) is 37.4 Å². The van der Waals surface area contributed by atoms with E-state index in [0.29, 0.717) is 23.5 Å². The zero-order valence-corrected chi connectivity index (χ0v) is 23.4. The topological polar surface area (TPSA) is 135 Å². The molecule has 0 aliphatic rings. The molecule has 3 aromatic carbocycles. The number of benzene rings is 3. The summed E-state index contributed by atoms with van der Waals surface area (Å²) in [5, 5.41) is 22.9. The molecule has 10 nitrogen and oxygen atoms in total.